The molecule has 0 saturated heterocycles. The molecule has 3 unspecified atom stereocenters. The maximum Gasteiger partial charge on any atom is 0.411 e. The van der Waals surface area contributed by atoms with E-state index in [4.69, 9.17) is 4.74 Å². The quantitative estimate of drug-likeness (QED) is 0.764. The van der Waals surface area contributed by atoms with Gasteiger partial charge in [-0.25, -0.2) is 4.79 Å². The van der Waals surface area contributed by atoms with Crippen LogP contribution in [0, 0.1) is 11.8 Å². The molecule has 3 heteroatoms. The maximum atomic E-state index is 12.4. The Bertz CT molecular complexity index is 721. The van der Waals surface area contributed by atoms with Gasteiger partial charge in [0.05, 0.1) is 5.69 Å². The normalized spacial score (nSPS) is 26.6. The number of ether oxygens (including phenoxy) is 1. The summed E-state index contributed by atoms with van der Waals surface area (Å²) in [5.41, 5.74) is 0.824. The van der Waals surface area contributed by atoms with E-state index in [1.807, 2.05) is 30.3 Å². The monoisotopic (exact) mass is 323 g/mol. The lowest BCUT2D eigenvalue weighted by Crippen LogP contribution is -2.34. The first-order valence-electron chi connectivity index (χ1n) is 9.25. The molecule has 24 heavy (non-hydrogen) atoms. The van der Waals surface area contributed by atoms with Crippen molar-refractivity contribution in [1.82, 2.24) is 0 Å². The summed E-state index contributed by atoms with van der Waals surface area (Å²) in [6, 6.07) is 14.0. The summed E-state index contributed by atoms with van der Waals surface area (Å²) in [5.74, 6) is 1.64. The summed E-state index contributed by atoms with van der Waals surface area (Å²) in [7, 11) is 0. The summed E-state index contributed by atoms with van der Waals surface area (Å²) >= 11 is 0. The third-order valence-electron chi connectivity index (χ3n) is 5.79. The molecule has 1 amide bonds. The van der Waals surface area contributed by atoms with Gasteiger partial charge in [0, 0.05) is 5.39 Å². The Morgan fingerprint density at radius 2 is 1.71 bits per heavy atom. The van der Waals surface area contributed by atoms with E-state index in [1.54, 1.807) is 0 Å². The molecule has 2 aliphatic carbocycles. The number of carbonyl (C=O) groups is 1. The molecule has 0 radical (unpaired) electrons. The number of benzene rings is 2. The van der Waals surface area contributed by atoms with Crippen molar-refractivity contribution in [3.63, 3.8) is 0 Å². The van der Waals surface area contributed by atoms with Crippen molar-refractivity contribution in [1.29, 1.82) is 0 Å². The summed E-state index contributed by atoms with van der Waals surface area (Å²) in [6.07, 6.45) is 8.47. The Kier molecular flexibility index (Phi) is 4.42. The van der Waals surface area contributed by atoms with Gasteiger partial charge >= 0.3 is 6.09 Å². The lowest BCUT2D eigenvalue weighted by atomic mass is 9.70. The van der Waals surface area contributed by atoms with E-state index in [2.05, 4.69) is 17.4 Å². The number of hydrogen-bond acceptors (Lipinski definition) is 2. The highest BCUT2D eigenvalue weighted by Gasteiger charge is 2.33. The van der Waals surface area contributed by atoms with Gasteiger partial charge in [-0.2, -0.15) is 0 Å². The topological polar surface area (TPSA) is 38.3 Å². The fourth-order valence-electron chi connectivity index (χ4n) is 4.56. The van der Waals surface area contributed by atoms with Crippen molar-refractivity contribution >= 4 is 22.6 Å². The Morgan fingerprint density at radius 1 is 0.917 bits per heavy atom. The van der Waals surface area contributed by atoms with Crippen molar-refractivity contribution in [3.8, 4) is 0 Å². The van der Waals surface area contributed by atoms with Crippen molar-refractivity contribution in [2.45, 2.75) is 51.0 Å². The van der Waals surface area contributed by atoms with Crippen molar-refractivity contribution in [2.24, 2.45) is 11.8 Å². The van der Waals surface area contributed by atoms with Gasteiger partial charge in [-0.15, -0.1) is 0 Å². The van der Waals surface area contributed by atoms with Crippen LogP contribution >= 0.6 is 0 Å². The molecule has 126 valence electrons. The predicted octanol–water partition coefficient (Wildman–Crippen LogP) is 5.75. The van der Waals surface area contributed by atoms with E-state index < -0.39 is 0 Å². The number of amides is 1. The zero-order chi connectivity index (χ0) is 16.4. The van der Waals surface area contributed by atoms with Crippen LogP contribution in [0.4, 0.5) is 10.5 Å². The number of nitrogens with one attached hydrogen (secondary N) is 1. The van der Waals surface area contributed by atoms with Crippen molar-refractivity contribution in [2.75, 3.05) is 5.32 Å². The van der Waals surface area contributed by atoms with Gasteiger partial charge in [-0.05, 0) is 42.6 Å². The first kappa shape index (κ1) is 15.5. The predicted molar refractivity (Wildman–Crippen MR) is 97.1 cm³/mol. The van der Waals surface area contributed by atoms with E-state index in [0.717, 1.165) is 41.1 Å². The Balaban J connectivity index is 1.39. The number of carbonyl (C=O) groups excluding carboxylic acids is 1. The van der Waals surface area contributed by atoms with Gasteiger partial charge in [-0.3, -0.25) is 5.32 Å². The van der Waals surface area contributed by atoms with Crippen LogP contribution in [-0.2, 0) is 4.74 Å². The summed E-state index contributed by atoms with van der Waals surface area (Å²) in [4.78, 5) is 12.4. The second-order valence-electron chi connectivity index (χ2n) is 7.30. The lowest BCUT2D eigenvalue weighted by molar-refractivity contribution is 0.0339. The van der Waals surface area contributed by atoms with Crippen molar-refractivity contribution in [3.05, 3.63) is 42.5 Å². The highest BCUT2D eigenvalue weighted by atomic mass is 16.6. The molecule has 0 heterocycles. The lowest BCUT2D eigenvalue weighted by Gasteiger charge is -2.38. The van der Waals surface area contributed by atoms with Crippen LogP contribution in [-0.4, -0.2) is 12.2 Å². The number of anilines is 1. The van der Waals surface area contributed by atoms with Gasteiger partial charge in [-0.1, -0.05) is 62.1 Å². The summed E-state index contributed by atoms with van der Waals surface area (Å²) in [6.45, 7) is 0. The van der Waals surface area contributed by atoms with Crippen LogP contribution in [0.3, 0.4) is 0 Å². The number of fused-ring (bicyclic) bond motifs is 2. The zero-order valence-electron chi connectivity index (χ0n) is 14.0. The van der Waals surface area contributed by atoms with Gasteiger partial charge in [0.1, 0.15) is 6.10 Å². The van der Waals surface area contributed by atoms with Gasteiger partial charge in [0.25, 0.3) is 0 Å². The first-order valence-corrected chi connectivity index (χ1v) is 9.25. The average Bonchev–Trinajstić information content (AvgIpc) is 2.62. The molecule has 0 aliphatic heterocycles. The molecule has 2 fully saturated rings. The van der Waals surface area contributed by atoms with Gasteiger partial charge in [0.2, 0.25) is 0 Å². The average molecular weight is 323 g/mol. The second-order valence-corrected chi connectivity index (χ2v) is 7.30. The van der Waals surface area contributed by atoms with Crippen LogP contribution in [0.15, 0.2) is 42.5 Å². The molecule has 0 aromatic heterocycles. The smallest absolute Gasteiger partial charge is 0.411 e. The number of rotatable bonds is 2. The highest BCUT2D eigenvalue weighted by Crippen LogP contribution is 2.41. The molecular weight excluding hydrogens is 298 g/mol. The van der Waals surface area contributed by atoms with E-state index in [-0.39, 0.29) is 12.2 Å². The molecule has 0 spiro atoms. The Hall–Kier alpha value is -2.03. The van der Waals surface area contributed by atoms with Crippen LogP contribution in [0.25, 0.3) is 10.8 Å². The molecule has 2 aromatic carbocycles. The third-order valence-corrected chi connectivity index (χ3v) is 5.79. The van der Waals surface area contributed by atoms with Crippen LogP contribution in [0.5, 0.6) is 0 Å². The molecule has 1 N–H and O–H groups in total. The summed E-state index contributed by atoms with van der Waals surface area (Å²) < 4.78 is 5.74. The molecule has 2 saturated carbocycles. The molecule has 3 nitrogen and oxygen atoms in total. The van der Waals surface area contributed by atoms with E-state index >= 15 is 0 Å². The number of hydrogen-bond donors (Lipinski definition) is 1. The third kappa shape index (κ3) is 3.26. The van der Waals surface area contributed by atoms with Crippen molar-refractivity contribution < 1.29 is 9.53 Å². The molecule has 4 rings (SSSR count). The van der Waals surface area contributed by atoms with Gasteiger partial charge in [0.15, 0.2) is 0 Å². The van der Waals surface area contributed by atoms with E-state index in [1.165, 1.54) is 32.1 Å². The van der Waals surface area contributed by atoms with Crippen LogP contribution in [0.1, 0.15) is 44.9 Å². The maximum absolute atomic E-state index is 12.4. The highest BCUT2D eigenvalue weighted by molar-refractivity contribution is 6.00. The molecule has 0 bridgehead atoms. The molecule has 3 atom stereocenters. The minimum atomic E-state index is -0.314. The Morgan fingerprint density at radius 3 is 2.62 bits per heavy atom. The van der Waals surface area contributed by atoms with E-state index in [0.29, 0.717) is 0 Å². The van der Waals surface area contributed by atoms with Crippen LogP contribution in [0.2, 0.25) is 0 Å². The standard InChI is InChI=1S/C21H25NO2/c23-21(22-20-11-5-9-16-7-3-4-10-19(16)20)24-18-13-12-15-6-1-2-8-17(15)14-18/h3-5,7,9-11,15,17-18H,1-2,6,8,12-14H2,(H,22,23). The zero-order valence-corrected chi connectivity index (χ0v) is 14.0. The molecular formula is C21H25NO2. The fraction of sp³-hybridized carbons (Fsp3) is 0.476. The van der Waals surface area contributed by atoms with Crippen LogP contribution < -0.4 is 5.32 Å². The van der Waals surface area contributed by atoms with Gasteiger partial charge < -0.3 is 4.74 Å². The Labute approximate surface area is 143 Å². The second kappa shape index (κ2) is 6.84. The molecule has 2 aromatic rings. The minimum absolute atomic E-state index is 0.0827. The molecule has 2 aliphatic rings. The van der Waals surface area contributed by atoms with E-state index in [9.17, 15) is 4.79 Å². The fourth-order valence-corrected chi connectivity index (χ4v) is 4.56. The minimum Gasteiger partial charge on any atom is -0.446 e. The SMILES string of the molecule is O=C(Nc1cccc2ccccc12)OC1CCC2CCCCC2C1. The first-order chi connectivity index (χ1) is 11.8. The largest absolute Gasteiger partial charge is 0.446 e. The summed E-state index contributed by atoms with van der Waals surface area (Å²) in [5, 5.41) is 5.12.